The number of benzene rings is 2. The highest BCUT2D eigenvalue weighted by Crippen LogP contribution is 2.38. The number of pyridine rings is 2. The molecule has 162 valence electrons. The van der Waals surface area contributed by atoms with Gasteiger partial charge < -0.3 is 14.9 Å². The summed E-state index contributed by atoms with van der Waals surface area (Å²) in [4.78, 5) is 20.8. The zero-order valence-corrected chi connectivity index (χ0v) is 19.0. The Bertz CT molecular complexity index is 1270. The summed E-state index contributed by atoms with van der Waals surface area (Å²) in [6.07, 6.45) is 4.67. The minimum atomic E-state index is -1.10. The summed E-state index contributed by atoms with van der Waals surface area (Å²) in [6, 6.07) is 16.0. The van der Waals surface area contributed by atoms with E-state index in [1.807, 2.05) is 24.3 Å². The molecule has 0 bridgehead atoms. The van der Waals surface area contributed by atoms with E-state index >= 15 is 0 Å². The van der Waals surface area contributed by atoms with E-state index in [-0.39, 0.29) is 17.9 Å². The predicted octanol–water partition coefficient (Wildman–Crippen LogP) is 5.36. The molecule has 0 spiro atoms. The predicted molar refractivity (Wildman–Crippen MR) is 127 cm³/mol. The maximum Gasteiger partial charge on any atom is 0.340 e. The number of ether oxygens (including phenoxy) is 1. The van der Waals surface area contributed by atoms with Gasteiger partial charge in [-0.2, -0.15) is 0 Å². The highest BCUT2D eigenvalue weighted by atomic mass is 79.9. The molecule has 6 nitrogen and oxygen atoms in total. The second-order valence-corrected chi connectivity index (χ2v) is 8.15. The van der Waals surface area contributed by atoms with Gasteiger partial charge in [-0.15, -0.1) is 0 Å². The topological polar surface area (TPSA) is 92.5 Å². The smallest absolute Gasteiger partial charge is 0.340 e. The van der Waals surface area contributed by atoms with Crippen molar-refractivity contribution in [3.63, 3.8) is 0 Å². The van der Waals surface area contributed by atoms with Crippen molar-refractivity contribution < 1.29 is 19.7 Å². The number of aryl methyl sites for hydroxylation is 1. The van der Waals surface area contributed by atoms with E-state index in [1.54, 1.807) is 6.20 Å². The highest BCUT2D eigenvalue weighted by Gasteiger charge is 2.23. The molecule has 0 amide bonds. The number of aliphatic hydroxyl groups is 1. The molecule has 0 atom stereocenters. The molecule has 0 aliphatic rings. The molecular formula is C25H21BrN2O4. The van der Waals surface area contributed by atoms with E-state index in [2.05, 4.69) is 45.2 Å². The molecule has 0 unspecified atom stereocenters. The van der Waals surface area contributed by atoms with Crippen LogP contribution in [0.1, 0.15) is 22.3 Å². The lowest BCUT2D eigenvalue weighted by molar-refractivity contribution is 0.0695. The first-order valence-corrected chi connectivity index (χ1v) is 10.9. The summed E-state index contributed by atoms with van der Waals surface area (Å²) >= 11 is 3.42. The number of carbonyl (C=O) groups is 1. The van der Waals surface area contributed by atoms with Crippen LogP contribution in [0.4, 0.5) is 0 Å². The molecule has 0 fully saturated rings. The van der Waals surface area contributed by atoms with Crippen LogP contribution in [0.2, 0.25) is 0 Å². The van der Waals surface area contributed by atoms with Crippen LogP contribution >= 0.6 is 15.9 Å². The maximum atomic E-state index is 12.1. The summed E-state index contributed by atoms with van der Waals surface area (Å²) < 4.78 is 6.11. The second-order valence-electron chi connectivity index (χ2n) is 7.29. The largest absolute Gasteiger partial charge is 0.494 e. The molecule has 0 radical (unpaired) electrons. The first-order valence-electron chi connectivity index (χ1n) is 10.1. The Kier molecular flexibility index (Phi) is 6.48. The van der Waals surface area contributed by atoms with Crippen LogP contribution in [0.5, 0.6) is 5.75 Å². The van der Waals surface area contributed by atoms with Crippen LogP contribution in [0.25, 0.3) is 33.3 Å². The number of rotatable bonds is 7. The standard InChI is InChI=1S/C25H21BrN2O4/c1-32-24-21(25(30)31)19-13-27-14-20(26)23(19)28-22(24)18-10-8-17(9-11-18)16-6-4-15(5-7-16)3-2-12-29/h4-11,13-14,29H,2-3,12H2,1H3,(H,30,31). The van der Waals surface area contributed by atoms with Gasteiger partial charge in [0.2, 0.25) is 0 Å². The van der Waals surface area contributed by atoms with E-state index in [0.717, 1.165) is 29.5 Å². The van der Waals surface area contributed by atoms with Crippen molar-refractivity contribution in [1.82, 2.24) is 9.97 Å². The molecule has 0 saturated carbocycles. The number of aliphatic hydroxyl groups excluding tert-OH is 1. The minimum absolute atomic E-state index is 0.0313. The zero-order valence-electron chi connectivity index (χ0n) is 17.4. The Balaban J connectivity index is 1.76. The van der Waals surface area contributed by atoms with Crippen LogP contribution in [0.15, 0.2) is 65.4 Å². The van der Waals surface area contributed by atoms with Gasteiger partial charge >= 0.3 is 5.97 Å². The van der Waals surface area contributed by atoms with E-state index in [4.69, 9.17) is 14.8 Å². The van der Waals surface area contributed by atoms with Gasteiger partial charge in [0.05, 0.1) is 17.1 Å². The van der Waals surface area contributed by atoms with Crippen molar-refractivity contribution in [2.45, 2.75) is 12.8 Å². The molecule has 0 saturated heterocycles. The molecule has 2 aromatic carbocycles. The molecule has 2 heterocycles. The Morgan fingerprint density at radius 3 is 2.22 bits per heavy atom. The van der Waals surface area contributed by atoms with Gasteiger partial charge in [0.25, 0.3) is 0 Å². The van der Waals surface area contributed by atoms with E-state index in [9.17, 15) is 9.90 Å². The molecule has 32 heavy (non-hydrogen) atoms. The molecule has 0 aliphatic heterocycles. The average molecular weight is 493 g/mol. The van der Waals surface area contributed by atoms with E-state index in [1.165, 1.54) is 18.9 Å². The summed E-state index contributed by atoms with van der Waals surface area (Å²) in [5, 5.41) is 19.3. The first kappa shape index (κ1) is 21.9. The van der Waals surface area contributed by atoms with E-state index < -0.39 is 5.97 Å². The summed E-state index contributed by atoms with van der Waals surface area (Å²) in [5.74, 6) is -0.904. The second kappa shape index (κ2) is 9.46. The van der Waals surface area contributed by atoms with Gasteiger partial charge in [-0.05, 0) is 45.5 Å². The van der Waals surface area contributed by atoms with Crippen molar-refractivity contribution in [3.05, 3.63) is 76.5 Å². The van der Waals surface area contributed by atoms with Crippen LogP contribution in [0, 0.1) is 0 Å². The number of methoxy groups -OCH3 is 1. The number of hydrogen-bond acceptors (Lipinski definition) is 5. The minimum Gasteiger partial charge on any atom is -0.494 e. The molecule has 2 aromatic heterocycles. The number of aromatic carboxylic acids is 1. The lowest BCUT2D eigenvalue weighted by Crippen LogP contribution is -2.06. The summed E-state index contributed by atoms with van der Waals surface area (Å²) in [7, 11) is 1.44. The van der Waals surface area contributed by atoms with Crippen LogP contribution in [-0.4, -0.2) is 39.9 Å². The van der Waals surface area contributed by atoms with Crippen molar-refractivity contribution in [3.8, 4) is 28.1 Å². The Labute approximate surface area is 193 Å². The van der Waals surface area contributed by atoms with Gasteiger partial charge in [0, 0.05) is 30.0 Å². The van der Waals surface area contributed by atoms with Crippen molar-refractivity contribution in [2.75, 3.05) is 13.7 Å². The maximum absolute atomic E-state index is 12.1. The molecule has 2 N–H and O–H groups in total. The third-order valence-electron chi connectivity index (χ3n) is 5.30. The number of carboxylic acid groups (broad SMARTS) is 1. The summed E-state index contributed by atoms with van der Waals surface area (Å²) in [6.45, 7) is 0.187. The third kappa shape index (κ3) is 4.22. The fraction of sp³-hybridized carbons (Fsp3) is 0.160. The lowest BCUT2D eigenvalue weighted by atomic mass is 9.99. The highest BCUT2D eigenvalue weighted by molar-refractivity contribution is 9.10. The van der Waals surface area contributed by atoms with Gasteiger partial charge in [-0.1, -0.05) is 48.5 Å². The van der Waals surface area contributed by atoms with Gasteiger partial charge in [-0.25, -0.2) is 9.78 Å². The number of hydrogen-bond donors (Lipinski definition) is 2. The molecular weight excluding hydrogens is 472 g/mol. The van der Waals surface area contributed by atoms with Crippen LogP contribution in [0.3, 0.4) is 0 Å². The Hall–Kier alpha value is -3.29. The molecule has 0 aliphatic carbocycles. The summed E-state index contributed by atoms with van der Waals surface area (Å²) in [5.41, 5.74) is 5.03. The number of fused-ring (bicyclic) bond motifs is 1. The zero-order chi connectivity index (χ0) is 22.7. The molecule has 4 rings (SSSR count). The number of carboxylic acids is 1. The van der Waals surface area contributed by atoms with Crippen molar-refractivity contribution >= 4 is 32.8 Å². The van der Waals surface area contributed by atoms with Crippen molar-refractivity contribution in [2.24, 2.45) is 0 Å². The van der Waals surface area contributed by atoms with Crippen molar-refractivity contribution in [1.29, 1.82) is 0 Å². The fourth-order valence-corrected chi connectivity index (χ4v) is 4.12. The monoisotopic (exact) mass is 492 g/mol. The quantitative estimate of drug-likeness (QED) is 0.360. The fourth-order valence-electron chi connectivity index (χ4n) is 3.70. The van der Waals surface area contributed by atoms with Crippen LogP contribution in [-0.2, 0) is 6.42 Å². The molecule has 7 heteroatoms. The normalized spacial score (nSPS) is 11.0. The van der Waals surface area contributed by atoms with E-state index in [0.29, 0.717) is 21.1 Å². The Morgan fingerprint density at radius 1 is 1.00 bits per heavy atom. The number of halogens is 1. The lowest BCUT2D eigenvalue weighted by Gasteiger charge is -2.14. The molecule has 4 aromatic rings. The SMILES string of the molecule is COc1c(-c2ccc(-c3ccc(CCCO)cc3)cc2)nc2c(Br)cncc2c1C(=O)O. The van der Waals surface area contributed by atoms with Gasteiger partial charge in [0.15, 0.2) is 5.75 Å². The Morgan fingerprint density at radius 2 is 1.62 bits per heavy atom. The average Bonchev–Trinajstić information content (AvgIpc) is 2.82. The first-order chi connectivity index (χ1) is 15.5. The third-order valence-corrected chi connectivity index (χ3v) is 5.88. The van der Waals surface area contributed by atoms with Crippen LogP contribution < -0.4 is 4.74 Å². The number of aromatic nitrogens is 2. The van der Waals surface area contributed by atoms with Gasteiger partial charge in [0.1, 0.15) is 11.3 Å². The van der Waals surface area contributed by atoms with Gasteiger partial charge in [-0.3, -0.25) is 4.98 Å². The number of nitrogens with zero attached hydrogens (tertiary/aromatic N) is 2.